The summed E-state index contributed by atoms with van der Waals surface area (Å²) in [5.41, 5.74) is 5.02. The number of hydrogen-bond acceptors (Lipinski definition) is 4. The van der Waals surface area contributed by atoms with Crippen molar-refractivity contribution in [2.75, 3.05) is 7.11 Å². The number of aryl methyl sites for hydroxylation is 2. The standard InChI is InChI=1S/C23H27FN2O2/c1-5-23(24)10-8-16(9-11-23)22(27-4)18-6-7-20-19(18)12-17(13-25-20)21-14(2)26-28-15(21)3/h5-6,12-13,16,22H,1,7-11H2,2-4H3. The Kier molecular flexibility index (Phi) is 4.96. The summed E-state index contributed by atoms with van der Waals surface area (Å²) >= 11 is 0. The fraction of sp³-hybridized carbons (Fsp3) is 0.478. The lowest BCUT2D eigenvalue weighted by Crippen LogP contribution is -2.34. The van der Waals surface area contributed by atoms with Crippen LogP contribution in [0.2, 0.25) is 0 Å². The van der Waals surface area contributed by atoms with Crippen molar-refractivity contribution in [2.45, 2.75) is 57.7 Å². The Bertz CT molecular complexity index is 903. The fourth-order valence-corrected chi connectivity index (χ4v) is 4.72. The monoisotopic (exact) mass is 382 g/mol. The third-order valence-electron chi connectivity index (χ3n) is 6.33. The van der Waals surface area contributed by atoms with E-state index in [0.717, 1.165) is 53.1 Å². The van der Waals surface area contributed by atoms with Gasteiger partial charge in [0.1, 0.15) is 11.4 Å². The van der Waals surface area contributed by atoms with E-state index < -0.39 is 5.67 Å². The average Bonchev–Trinajstić information content (AvgIpc) is 3.27. The molecule has 2 aromatic heterocycles. The van der Waals surface area contributed by atoms with E-state index in [-0.39, 0.29) is 6.10 Å². The van der Waals surface area contributed by atoms with Crippen LogP contribution in [0.4, 0.5) is 4.39 Å². The number of hydrogen-bond donors (Lipinski definition) is 0. The van der Waals surface area contributed by atoms with Gasteiger partial charge < -0.3 is 9.26 Å². The smallest absolute Gasteiger partial charge is 0.141 e. The van der Waals surface area contributed by atoms with E-state index >= 15 is 0 Å². The molecule has 0 spiro atoms. The van der Waals surface area contributed by atoms with Crippen molar-refractivity contribution in [3.8, 4) is 11.1 Å². The van der Waals surface area contributed by atoms with Crippen LogP contribution in [-0.4, -0.2) is 29.0 Å². The Morgan fingerprint density at radius 1 is 1.36 bits per heavy atom. The molecule has 2 aromatic rings. The largest absolute Gasteiger partial charge is 0.376 e. The van der Waals surface area contributed by atoms with E-state index in [1.807, 2.05) is 20.0 Å². The molecule has 2 heterocycles. The molecule has 28 heavy (non-hydrogen) atoms. The van der Waals surface area contributed by atoms with Crippen molar-refractivity contribution in [1.82, 2.24) is 10.1 Å². The average molecular weight is 382 g/mol. The minimum absolute atomic E-state index is 0.0441. The molecule has 1 atom stereocenters. The molecular formula is C23H27FN2O2. The van der Waals surface area contributed by atoms with Gasteiger partial charge >= 0.3 is 0 Å². The Balaban J connectivity index is 1.63. The minimum atomic E-state index is -1.23. The molecule has 1 fully saturated rings. The van der Waals surface area contributed by atoms with Crippen molar-refractivity contribution in [2.24, 2.45) is 5.92 Å². The summed E-state index contributed by atoms with van der Waals surface area (Å²) in [5, 5.41) is 4.07. The number of pyridine rings is 1. The molecule has 4 rings (SSSR count). The summed E-state index contributed by atoms with van der Waals surface area (Å²) in [7, 11) is 1.75. The van der Waals surface area contributed by atoms with E-state index in [9.17, 15) is 4.39 Å². The van der Waals surface area contributed by atoms with Gasteiger partial charge in [0.05, 0.1) is 17.5 Å². The number of halogens is 1. The third kappa shape index (κ3) is 3.22. The Morgan fingerprint density at radius 2 is 2.11 bits per heavy atom. The van der Waals surface area contributed by atoms with Crippen LogP contribution in [0.3, 0.4) is 0 Å². The Labute approximate surface area is 165 Å². The zero-order valence-corrected chi connectivity index (χ0v) is 16.8. The molecule has 0 bridgehead atoms. The second-order valence-electron chi connectivity index (χ2n) is 8.01. The van der Waals surface area contributed by atoms with Gasteiger partial charge in [-0.05, 0) is 57.1 Å². The van der Waals surface area contributed by atoms with Crippen LogP contribution in [0.5, 0.6) is 0 Å². The van der Waals surface area contributed by atoms with E-state index in [2.05, 4.69) is 23.9 Å². The molecule has 1 saturated carbocycles. The van der Waals surface area contributed by atoms with Gasteiger partial charge in [-0.2, -0.15) is 0 Å². The van der Waals surface area contributed by atoms with Crippen LogP contribution in [0, 0.1) is 19.8 Å². The number of nitrogens with zero attached hydrogens (tertiary/aromatic N) is 2. The molecular weight excluding hydrogens is 355 g/mol. The highest BCUT2D eigenvalue weighted by Crippen LogP contribution is 2.43. The lowest BCUT2D eigenvalue weighted by atomic mass is 9.75. The van der Waals surface area contributed by atoms with Gasteiger partial charge in [0.15, 0.2) is 0 Å². The van der Waals surface area contributed by atoms with Crippen molar-refractivity contribution in [3.05, 3.63) is 53.7 Å². The van der Waals surface area contributed by atoms with Crippen LogP contribution in [0.1, 0.15) is 48.4 Å². The van der Waals surface area contributed by atoms with Crippen LogP contribution in [0.15, 0.2) is 35.5 Å². The van der Waals surface area contributed by atoms with Gasteiger partial charge in [-0.25, -0.2) is 4.39 Å². The van der Waals surface area contributed by atoms with Gasteiger partial charge in [0.2, 0.25) is 0 Å². The first kappa shape index (κ1) is 19.1. The van der Waals surface area contributed by atoms with Crippen LogP contribution < -0.4 is 0 Å². The predicted octanol–water partition coefficient (Wildman–Crippen LogP) is 5.39. The molecule has 2 aliphatic rings. The predicted molar refractivity (Wildman–Crippen MR) is 108 cm³/mol. The first-order valence-corrected chi connectivity index (χ1v) is 9.93. The summed E-state index contributed by atoms with van der Waals surface area (Å²) in [4.78, 5) is 4.70. The van der Waals surface area contributed by atoms with Crippen molar-refractivity contribution < 1.29 is 13.7 Å². The van der Waals surface area contributed by atoms with Crippen LogP contribution in [0.25, 0.3) is 16.7 Å². The maximum absolute atomic E-state index is 14.5. The Hall–Kier alpha value is -2.27. The van der Waals surface area contributed by atoms with Crippen molar-refractivity contribution >= 4 is 5.57 Å². The molecule has 1 unspecified atom stereocenters. The number of allylic oxidation sites excluding steroid dienone is 2. The molecule has 0 N–H and O–H groups in total. The Morgan fingerprint density at radius 3 is 2.71 bits per heavy atom. The zero-order valence-electron chi connectivity index (χ0n) is 16.8. The topological polar surface area (TPSA) is 48.2 Å². The summed E-state index contributed by atoms with van der Waals surface area (Å²) in [5.74, 6) is 1.09. The SMILES string of the molecule is C=CC1(F)CCC(C(OC)C2=CCc3ncc(-c4c(C)noc4C)cc32)CC1. The quantitative estimate of drug-likeness (QED) is 0.650. The second kappa shape index (κ2) is 7.28. The zero-order chi connectivity index (χ0) is 19.9. The number of fused-ring (bicyclic) bond motifs is 1. The summed E-state index contributed by atoms with van der Waals surface area (Å²) in [6.45, 7) is 7.52. The minimum Gasteiger partial charge on any atom is -0.376 e. The third-order valence-corrected chi connectivity index (χ3v) is 6.33. The fourth-order valence-electron chi connectivity index (χ4n) is 4.72. The van der Waals surface area contributed by atoms with Gasteiger partial charge in [0.25, 0.3) is 0 Å². The van der Waals surface area contributed by atoms with Crippen molar-refractivity contribution in [1.29, 1.82) is 0 Å². The first-order valence-electron chi connectivity index (χ1n) is 9.93. The molecule has 0 radical (unpaired) electrons. The highest BCUT2D eigenvalue weighted by molar-refractivity contribution is 5.79. The highest BCUT2D eigenvalue weighted by atomic mass is 19.1. The molecule has 0 aliphatic heterocycles. The van der Waals surface area contributed by atoms with Gasteiger partial charge in [-0.1, -0.05) is 23.9 Å². The van der Waals surface area contributed by atoms with E-state index in [4.69, 9.17) is 14.2 Å². The number of rotatable bonds is 5. The van der Waals surface area contributed by atoms with E-state index in [1.165, 1.54) is 11.6 Å². The summed E-state index contributed by atoms with van der Waals surface area (Å²) in [6, 6.07) is 2.17. The summed E-state index contributed by atoms with van der Waals surface area (Å²) in [6.07, 6.45) is 8.96. The molecule has 4 nitrogen and oxygen atoms in total. The summed E-state index contributed by atoms with van der Waals surface area (Å²) < 4.78 is 25.8. The normalized spacial score (nSPS) is 25.3. The molecule has 5 heteroatoms. The van der Waals surface area contributed by atoms with Gasteiger partial charge in [0, 0.05) is 36.4 Å². The maximum atomic E-state index is 14.5. The number of alkyl halides is 1. The maximum Gasteiger partial charge on any atom is 0.141 e. The van der Waals surface area contributed by atoms with Crippen molar-refractivity contribution in [3.63, 3.8) is 0 Å². The molecule has 148 valence electrons. The van der Waals surface area contributed by atoms with E-state index in [1.54, 1.807) is 7.11 Å². The molecule has 2 aliphatic carbocycles. The molecule has 0 aromatic carbocycles. The number of ether oxygens (including phenoxy) is 1. The van der Waals surface area contributed by atoms with Crippen LogP contribution >= 0.6 is 0 Å². The first-order chi connectivity index (χ1) is 13.5. The lowest BCUT2D eigenvalue weighted by molar-refractivity contribution is 0.0465. The van der Waals surface area contributed by atoms with E-state index in [0.29, 0.717) is 18.8 Å². The number of methoxy groups -OCH3 is 1. The molecule has 0 amide bonds. The second-order valence-corrected chi connectivity index (χ2v) is 8.01. The van der Waals surface area contributed by atoms with Gasteiger partial charge in [-0.3, -0.25) is 4.98 Å². The number of aromatic nitrogens is 2. The molecule has 0 saturated heterocycles. The lowest BCUT2D eigenvalue weighted by Gasteiger charge is -2.36. The van der Waals surface area contributed by atoms with Crippen LogP contribution in [-0.2, 0) is 11.2 Å². The highest BCUT2D eigenvalue weighted by Gasteiger charge is 2.38. The van der Waals surface area contributed by atoms with Gasteiger partial charge in [-0.15, -0.1) is 0 Å².